The highest BCUT2D eigenvalue weighted by molar-refractivity contribution is 5.96. The van der Waals surface area contributed by atoms with Gasteiger partial charge in [0.2, 0.25) is 0 Å². The molecule has 0 atom stereocenters. The molecule has 0 saturated heterocycles. The summed E-state index contributed by atoms with van der Waals surface area (Å²) in [5.41, 5.74) is 0.622. The Hall–Kier alpha value is -1.69. The molecular weight excluding hydrogens is 169 g/mol. The van der Waals surface area contributed by atoms with Crippen LogP contribution in [0.25, 0.3) is 0 Å². The first-order valence-corrected chi connectivity index (χ1v) is 3.77. The minimum absolute atomic E-state index is 0.102. The maximum Gasteiger partial charge on any atom is 0.164 e. The third kappa shape index (κ3) is 1.73. The largest absolute Gasteiger partial charge is 0.294 e. The maximum atomic E-state index is 13.2. The maximum absolute atomic E-state index is 13.2. The Bertz CT molecular complexity index is 404. The van der Waals surface area contributed by atoms with E-state index in [1.807, 2.05) is 0 Å². The molecular formula is C10H8FNO. The van der Waals surface area contributed by atoms with E-state index >= 15 is 0 Å². The Morgan fingerprint density at radius 1 is 1.54 bits per heavy atom. The smallest absolute Gasteiger partial charge is 0.164 e. The molecule has 3 heteroatoms. The van der Waals surface area contributed by atoms with Crippen molar-refractivity contribution in [3.8, 4) is 6.07 Å². The van der Waals surface area contributed by atoms with Gasteiger partial charge in [0.1, 0.15) is 5.82 Å². The number of benzene rings is 1. The summed E-state index contributed by atoms with van der Waals surface area (Å²) in [5, 5.41) is 8.65. The number of nitriles is 1. The fourth-order valence-electron chi connectivity index (χ4n) is 1.19. The highest BCUT2D eigenvalue weighted by Gasteiger charge is 2.13. The van der Waals surface area contributed by atoms with Crippen molar-refractivity contribution in [2.75, 3.05) is 0 Å². The Morgan fingerprint density at radius 3 is 2.62 bits per heavy atom. The van der Waals surface area contributed by atoms with Gasteiger partial charge in [0.05, 0.1) is 17.2 Å². The number of carbonyl (C=O) groups is 1. The van der Waals surface area contributed by atoms with Gasteiger partial charge in [0.15, 0.2) is 5.78 Å². The van der Waals surface area contributed by atoms with Crippen molar-refractivity contribution >= 4 is 5.78 Å². The van der Waals surface area contributed by atoms with Crippen LogP contribution in [0.15, 0.2) is 12.1 Å². The summed E-state index contributed by atoms with van der Waals surface area (Å²) in [6.45, 7) is 2.92. The summed E-state index contributed by atoms with van der Waals surface area (Å²) in [7, 11) is 0. The van der Waals surface area contributed by atoms with Gasteiger partial charge in [-0.05, 0) is 31.5 Å². The fourth-order valence-corrected chi connectivity index (χ4v) is 1.19. The number of Topliss-reactive ketones (excluding diaryl/α,β-unsaturated/α-hetero) is 1. The first-order chi connectivity index (χ1) is 6.06. The monoisotopic (exact) mass is 177 g/mol. The second-order valence-corrected chi connectivity index (χ2v) is 2.84. The molecule has 0 heterocycles. The van der Waals surface area contributed by atoms with Crippen LogP contribution >= 0.6 is 0 Å². The van der Waals surface area contributed by atoms with E-state index in [9.17, 15) is 9.18 Å². The number of aryl methyl sites for hydroxylation is 1. The molecule has 0 aliphatic rings. The lowest BCUT2D eigenvalue weighted by Gasteiger charge is -2.02. The van der Waals surface area contributed by atoms with Gasteiger partial charge < -0.3 is 0 Å². The average Bonchev–Trinajstić information content (AvgIpc) is 2.01. The first kappa shape index (κ1) is 9.40. The third-order valence-corrected chi connectivity index (χ3v) is 1.71. The van der Waals surface area contributed by atoms with E-state index in [0.717, 1.165) is 0 Å². The average molecular weight is 177 g/mol. The zero-order chi connectivity index (χ0) is 10.0. The van der Waals surface area contributed by atoms with Gasteiger partial charge >= 0.3 is 0 Å². The van der Waals surface area contributed by atoms with Gasteiger partial charge in [-0.1, -0.05) is 0 Å². The van der Waals surface area contributed by atoms with E-state index in [1.165, 1.54) is 19.1 Å². The van der Waals surface area contributed by atoms with E-state index in [1.54, 1.807) is 13.0 Å². The van der Waals surface area contributed by atoms with Crippen molar-refractivity contribution in [1.29, 1.82) is 5.26 Å². The van der Waals surface area contributed by atoms with Crippen molar-refractivity contribution in [2.45, 2.75) is 13.8 Å². The third-order valence-electron chi connectivity index (χ3n) is 1.71. The summed E-state index contributed by atoms with van der Waals surface area (Å²) in [6.07, 6.45) is 0. The van der Waals surface area contributed by atoms with Crippen molar-refractivity contribution in [1.82, 2.24) is 0 Å². The molecule has 0 radical (unpaired) electrons. The highest BCUT2D eigenvalue weighted by atomic mass is 19.1. The molecule has 0 aliphatic carbocycles. The molecule has 0 spiro atoms. The number of hydrogen-bond acceptors (Lipinski definition) is 2. The van der Waals surface area contributed by atoms with E-state index in [0.29, 0.717) is 5.56 Å². The molecule has 0 N–H and O–H groups in total. The summed E-state index contributed by atoms with van der Waals surface area (Å²) in [5.74, 6) is -1.04. The van der Waals surface area contributed by atoms with Crippen LogP contribution in [0.5, 0.6) is 0 Å². The summed E-state index contributed by atoms with van der Waals surface area (Å²) in [4.78, 5) is 11.0. The highest BCUT2D eigenvalue weighted by Crippen LogP contribution is 2.16. The predicted octanol–water partition coefficient (Wildman–Crippen LogP) is 2.21. The summed E-state index contributed by atoms with van der Waals surface area (Å²) < 4.78 is 13.2. The molecule has 0 fully saturated rings. The fraction of sp³-hybridized carbons (Fsp3) is 0.200. The molecule has 1 aromatic rings. The number of rotatable bonds is 1. The number of nitrogens with zero attached hydrogens (tertiary/aromatic N) is 1. The molecule has 0 aliphatic heterocycles. The normalized spacial score (nSPS) is 9.38. The Balaban J connectivity index is 3.50. The van der Waals surface area contributed by atoms with E-state index < -0.39 is 11.6 Å². The second kappa shape index (κ2) is 3.36. The van der Waals surface area contributed by atoms with Gasteiger partial charge in [-0.15, -0.1) is 0 Å². The molecule has 0 unspecified atom stereocenters. The first-order valence-electron chi connectivity index (χ1n) is 3.77. The zero-order valence-corrected chi connectivity index (χ0v) is 7.39. The number of carbonyl (C=O) groups excluding carboxylic acids is 1. The molecule has 0 bridgehead atoms. The predicted molar refractivity (Wildman–Crippen MR) is 45.9 cm³/mol. The Labute approximate surface area is 75.6 Å². The van der Waals surface area contributed by atoms with Crippen LogP contribution in [0.3, 0.4) is 0 Å². The number of hydrogen-bond donors (Lipinski definition) is 0. The minimum atomic E-state index is -0.621. The SMILES string of the molecule is CC(=O)c1c(F)cc(C)cc1C#N. The zero-order valence-electron chi connectivity index (χ0n) is 7.39. The van der Waals surface area contributed by atoms with Gasteiger partial charge in [-0.2, -0.15) is 5.26 Å². The van der Waals surface area contributed by atoms with Gasteiger partial charge in [0, 0.05) is 0 Å². The van der Waals surface area contributed by atoms with Crippen LogP contribution in [-0.4, -0.2) is 5.78 Å². The molecule has 13 heavy (non-hydrogen) atoms. The van der Waals surface area contributed by atoms with Crippen molar-refractivity contribution < 1.29 is 9.18 Å². The van der Waals surface area contributed by atoms with Crippen molar-refractivity contribution in [3.05, 3.63) is 34.6 Å². The van der Waals surface area contributed by atoms with Crippen LogP contribution in [-0.2, 0) is 0 Å². The standard InChI is InChI=1S/C10H8FNO/c1-6-3-8(5-12)10(7(2)13)9(11)4-6/h3-4H,1-2H3. The molecule has 0 aromatic heterocycles. The van der Waals surface area contributed by atoms with Crippen LogP contribution < -0.4 is 0 Å². The lowest BCUT2D eigenvalue weighted by Crippen LogP contribution is -2.01. The topological polar surface area (TPSA) is 40.9 Å². The molecule has 0 saturated carbocycles. The molecule has 0 amide bonds. The van der Waals surface area contributed by atoms with Crippen LogP contribution in [0.2, 0.25) is 0 Å². The lowest BCUT2D eigenvalue weighted by atomic mass is 10.0. The van der Waals surface area contributed by atoms with Gasteiger partial charge in [0.25, 0.3) is 0 Å². The van der Waals surface area contributed by atoms with Crippen LogP contribution in [0.4, 0.5) is 4.39 Å². The second-order valence-electron chi connectivity index (χ2n) is 2.84. The Morgan fingerprint density at radius 2 is 2.15 bits per heavy atom. The minimum Gasteiger partial charge on any atom is -0.294 e. The summed E-state index contributed by atoms with van der Waals surface area (Å²) in [6, 6.07) is 4.55. The molecule has 1 aromatic carbocycles. The van der Waals surface area contributed by atoms with E-state index in [-0.39, 0.29) is 11.1 Å². The van der Waals surface area contributed by atoms with Gasteiger partial charge in [-0.25, -0.2) is 4.39 Å². The van der Waals surface area contributed by atoms with Crippen LogP contribution in [0, 0.1) is 24.1 Å². The van der Waals surface area contributed by atoms with Gasteiger partial charge in [-0.3, -0.25) is 4.79 Å². The Kier molecular flexibility index (Phi) is 2.43. The molecule has 2 nitrogen and oxygen atoms in total. The van der Waals surface area contributed by atoms with Crippen LogP contribution in [0.1, 0.15) is 28.4 Å². The van der Waals surface area contributed by atoms with Crippen molar-refractivity contribution in [3.63, 3.8) is 0 Å². The van der Waals surface area contributed by atoms with Crippen molar-refractivity contribution in [2.24, 2.45) is 0 Å². The lowest BCUT2D eigenvalue weighted by molar-refractivity contribution is 0.101. The quantitative estimate of drug-likeness (QED) is 0.617. The van der Waals surface area contributed by atoms with E-state index in [2.05, 4.69) is 0 Å². The molecule has 1 rings (SSSR count). The van der Waals surface area contributed by atoms with E-state index in [4.69, 9.17) is 5.26 Å². The number of halogens is 1. The number of ketones is 1. The molecule has 66 valence electrons. The summed E-state index contributed by atoms with van der Waals surface area (Å²) >= 11 is 0.